The van der Waals surface area contributed by atoms with Crippen molar-refractivity contribution in [3.63, 3.8) is 0 Å². The van der Waals surface area contributed by atoms with Crippen molar-refractivity contribution >= 4 is 17.4 Å². The molecule has 1 atom stereocenters. The summed E-state index contributed by atoms with van der Waals surface area (Å²) < 4.78 is 29.6. The van der Waals surface area contributed by atoms with E-state index in [1.807, 2.05) is 42.5 Å². The molecule has 37 heavy (non-hydrogen) atoms. The van der Waals surface area contributed by atoms with Crippen LogP contribution in [0.2, 0.25) is 0 Å². The van der Waals surface area contributed by atoms with Crippen LogP contribution in [0.15, 0.2) is 59.1 Å². The largest absolute Gasteiger partial charge is 0.496 e. The number of amidine groups is 1. The van der Waals surface area contributed by atoms with Crippen LogP contribution in [0.25, 0.3) is 11.3 Å². The number of amides is 1. The molecular formula is C27H32FN5O4. The lowest BCUT2D eigenvalue weighted by molar-refractivity contribution is 0.0924. The van der Waals surface area contributed by atoms with Gasteiger partial charge >= 0.3 is 0 Å². The van der Waals surface area contributed by atoms with Crippen molar-refractivity contribution in [2.45, 2.75) is 18.9 Å². The third-order valence-electron chi connectivity index (χ3n) is 6.13. The van der Waals surface area contributed by atoms with Crippen LogP contribution < -0.4 is 20.3 Å². The van der Waals surface area contributed by atoms with Crippen molar-refractivity contribution in [1.29, 1.82) is 5.41 Å². The Balaban J connectivity index is 1.54. The van der Waals surface area contributed by atoms with Crippen molar-refractivity contribution in [1.82, 2.24) is 15.6 Å². The molecule has 1 amide bonds. The number of ether oxygens (including phenoxy) is 2. The number of anilines is 1. The predicted octanol–water partition coefficient (Wildman–Crippen LogP) is 3.97. The molecule has 0 aliphatic carbocycles. The van der Waals surface area contributed by atoms with Gasteiger partial charge in [0.1, 0.15) is 24.3 Å². The van der Waals surface area contributed by atoms with Crippen molar-refractivity contribution in [3.05, 3.63) is 66.2 Å². The minimum Gasteiger partial charge on any atom is -0.496 e. The van der Waals surface area contributed by atoms with Gasteiger partial charge in [0.05, 0.1) is 32.1 Å². The smallest absolute Gasteiger partial charge is 0.255 e. The molecule has 2 heterocycles. The zero-order chi connectivity index (χ0) is 26.0. The van der Waals surface area contributed by atoms with Crippen LogP contribution in [0, 0.1) is 5.41 Å². The molecule has 2 aromatic carbocycles. The maximum atomic E-state index is 13.5. The summed E-state index contributed by atoms with van der Waals surface area (Å²) in [7, 11) is 1.53. The number of carbonyl (C=O) groups is 1. The maximum absolute atomic E-state index is 13.5. The van der Waals surface area contributed by atoms with Crippen LogP contribution in [0.3, 0.4) is 0 Å². The Morgan fingerprint density at radius 2 is 2.00 bits per heavy atom. The van der Waals surface area contributed by atoms with E-state index in [1.54, 1.807) is 12.3 Å². The number of oxazole rings is 1. The summed E-state index contributed by atoms with van der Waals surface area (Å²) in [5, 5.41) is 13.2. The number of alkyl halides is 1. The van der Waals surface area contributed by atoms with E-state index in [9.17, 15) is 9.18 Å². The lowest BCUT2D eigenvalue weighted by atomic mass is 10.1. The number of hydrogen-bond acceptors (Lipinski definition) is 7. The van der Waals surface area contributed by atoms with Gasteiger partial charge in [-0.1, -0.05) is 30.3 Å². The Hall–Kier alpha value is -3.92. The molecule has 3 N–H and O–H groups in total. The molecule has 1 fully saturated rings. The average Bonchev–Trinajstić information content (AvgIpc) is 3.45. The first kappa shape index (κ1) is 26.2. The fourth-order valence-corrected chi connectivity index (χ4v) is 4.16. The van der Waals surface area contributed by atoms with Crippen molar-refractivity contribution in [3.8, 4) is 17.1 Å². The normalized spacial score (nSPS) is 14.2. The number of halogens is 1. The van der Waals surface area contributed by atoms with Crippen molar-refractivity contribution < 1.29 is 23.1 Å². The highest BCUT2D eigenvalue weighted by molar-refractivity contribution is 5.98. The van der Waals surface area contributed by atoms with E-state index in [-0.39, 0.29) is 11.7 Å². The third-order valence-corrected chi connectivity index (χ3v) is 6.13. The van der Waals surface area contributed by atoms with Crippen LogP contribution in [-0.2, 0) is 4.74 Å². The monoisotopic (exact) mass is 509 g/mol. The molecule has 0 bridgehead atoms. The van der Waals surface area contributed by atoms with Gasteiger partial charge in [-0.05, 0) is 31.0 Å². The van der Waals surface area contributed by atoms with Gasteiger partial charge in [-0.2, -0.15) is 0 Å². The zero-order valence-electron chi connectivity index (χ0n) is 20.8. The summed E-state index contributed by atoms with van der Waals surface area (Å²) in [6.07, 6.45) is 2.67. The van der Waals surface area contributed by atoms with E-state index in [4.69, 9.17) is 19.3 Å². The molecule has 0 radical (unpaired) electrons. The number of methoxy groups -OCH3 is 1. The van der Waals surface area contributed by atoms with E-state index in [0.717, 1.165) is 24.3 Å². The summed E-state index contributed by atoms with van der Waals surface area (Å²) >= 11 is 0. The highest BCUT2D eigenvalue weighted by Gasteiger charge is 2.24. The van der Waals surface area contributed by atoms with Crippen LogP contribution in [0.1, 0.15) is 35.1 Å². The maximum Gasteiger partial charge on any atom is 0.255 e. The summed E-state index contributed by atoms with van der Waals surface area (Å²) in [5.74, 6) is 0.937. The molecule has 1 aliphatic rings. The topological polar surface area (TPSA) is 113 Å². The number of carbonyl (C=O) groups excluding carboxylic acids is 1. The summed E-state index contributed by atoms with van der Waals surface area (Å²) in [6, 6.07) is 14.6. The minimum absolute atomic E-state index is 0.173. The summed E-state index contributed by atoms with van der Waals surface area (Å²) in [5.41, 5.74) is 2.20. The fraction of sp³-hybridized carbons (Fsp3) is 0.370. The fourth-order valence-electron chi connectivity index (χ4n) is 4.16. The van der Waals surface area contributed by atoms with Crippen LogP contribution in [-0.4, -0.2) is 63.4 Å². The molecule has 1 saturated heterocycles. The first-order chi connectivity index (χ1) is 18.1. The first-order valence-electron chi connectivity index (χ1n) is 12.3. The Morgan fingerprint density at radius 3 is 2.73 bits per heavy atom. The van der Waals surface area contributed by atoms with Gasteiger partial charge in [0.15, 0.2) is 5.76 Å². The predicted molar refractivity (Wildman–Crippen MR) is 139 cm³/mol. The molecule has 9 nitrogen and oxygen atoms in total. The highest BCUT2D eigenvalue weighted by atomic mass is 19.1. The molecule has 3 aromatic rings. The SMILES string of the molecule is COc1ccc(N2CCOCC2)cc1C(=O)NC(CCCNC(=N)CF)c1ncc(-c2ccccc2)o1. The molecule has 1 unspecified atom stereocenters. The van der Waals surface area contributed by atoms with Gasteiger partial charge in [0.2, 0.25) is 5.89 Å². The lowest BCUT2D eigenvalue weighted by Gasteiger charge is -2.29. The Bertz CT molecular complexity index is 1180. The first-order valence-corrected chi connectivity index (χ1v) is 12.3. The van der Waals surface area contributed by atoms with Gasteiger partial charge in [0, 0.05) is 30.9 Å². The summed E-state index contributed by atoms with van der Waals surface area (Å²) in [4.78, 5) is 20.1. The third kappa shape index (κ3) is 6.85. The lowest BCUT2D eigenvalue weighted by Crippen LogP contribution is -2.36. The molecular weight excluding hydrogens is 477 g/mol. The Labute approximate surface area is 215 Å². The molecule has 196 valence electrons. The second kappa shape index (κ2) is 12.9. The van der Waals surface area contributed by atoms with E-state index < -0.39 is 12.7 Å². The molecule has 4 rings (SSSR count). The average molecular weight is 510 g/mol. The molecule has 0 saturated carbocycles. The second-order valence-electron chi connectivity index (χ2n) is 8.62. The van der Waals surface area contributed by atoms with Gasteiger partial charge in [-0.3, -0.25) is 10.2 Å². The number of aromatic nitrogens is 1. The molecule has 0 spiro atoms. The van der Waals surface area contributed by atoms with E-state index in [1.165, 1.54) is 7.11 Å². The van der Waals surface area contributed by atoms with E-state index >= 15 is 0 Å². The van der Waals surface area contributed by atoms with Crippen LogP contribution >= 0.6 is 0 Å². The van der Waals surface area contributed by atoms with Crippen LogP contribution in [0.5, 0.6) is 5.75 Å². The number of nitrogens with one attached hydrogen (secondary N) is 3. The number of benzene rings is 2. The quantitative estimate of drug-likeness (QED) is 0.204. The van der Waals surface area contributed by atoms with Gasteiger partial charge in [-0.25, -0.2) is 9.37 Å². The Morgan fingerprint density at radius 1 is 1.22 bits per heavy atom. The number of nitrogens with zero attached hydrogens (tertiary/aromatic N) is 2. The Kier molecular flexibility index (Phi) is 9.09. The molecule has 10 heteroatoms. The number of rotatable bonds is 11. The standard InChI is InChI=1S/C27H32FN5O4/c1-35-23-10-9-20(33-12-14-36-15-13-33)16-21(23)26(34)32-22(8-5-11-30-25(29)17-28)27-31-18-24(37-27)19-6-3-2-4-7-19/h2-4,6-7,9-10,16,18,22H,5,8,11-15,17H2,1H3,(H2,29,30)(H,32,34). The highest BCUT2D eigenvalue weighted by Crippen LogP contribution is 2.29. The van der Waals surface area contributed by atoms with Crippen molar-refractivity contribution in [2.75, 3.05) is 51.5 Å². The van der Waals surface area contributed by atoms with Gasteiger partial charge in [0.25, 0.3) is 5.91 Å². The van der Waals surface area contributed by atoms with Gasteiger partial charge in [-0.15, -0.1) is 0 Å². The minimum atomic E-state index is -0.848. The number of hydrogen-bond donors (Lipinski definition) is 3. The molecule has 1 aliphatic heterocycles. The second-order valence-corrected chi connectivity index (χ2v) is 8.62. The zero-order valence-corrected chi connectivity index (χ0v) is 20.8. The van der Waals surface area contributed by atoms with Crippen molar-refractivity contribution in [2.24, 2.45) is 0 Å². The number of morpholine rings is 1. The van der Waals surface area contributed by atoms with E-state index in [2.05, 4.69) is 20.5 Å². The summed E-state index contributed by atoms with van der Waals surface area (Å²) in [6.45, 7) is 2.30. The van der Waals surface area contributed by atoms with Gasteiger partial charge < -0.3 is 29.4 Å². The van der Waals surface area contributed by atoms with Crippen LogP contribution in [0.4, 0.5) is 10.1 Å². The van der Waals surface area contributed by atoms with E-state index in [0.29, 0.717) is 55.6 Å². The molecule has 1 aromatic heterocycles.